The molecule has 3 N–H and O–H groups in total. The van der Waals surface area contributed by atoms with Crippen molar-refractivity contribution in [3.05, 3.63) is 102 Å². The molecule has 0 bridgehead atoms. The van der Waals surface area contributed by atoms with Gasteiger partial charge in [0, 0.05) is 0 Å². The predicted molar refractivity (Wildman–Crippen MR) is 113 cm³/mol. The first-order valence-electron chi connectivity index (χ1n) is 9.67. The van der Waals surface area contributed by atoms with Crippen molar-refractivity contribution in [2.24, 2.45) is 0 Å². The quantitative estimate of drug-likeness (QED) is 0.487. The molecule has 0 spiro atoms. The van der Waals surface area contributed by atoms with Gasteiger partial charge in [-0.1, -0.05) is 72.8 Å². The van der Waals surface area contributed by atoms with Crippen molar-refractivity contribution in [2.45, 2.75) is 25.4 Å². The fourth-order valence-electron chi connectivity index (χ4n) is 2.86. The minimum atomic E-state index is -1.57. The van der Waals surface area contributed by atoms with E-state index in [4.69, 9.17) is 9.47 Å². The molecule has 0 radical (unpaired) electrons. The summed E-state index contributed by atoms with van der Waals surface area (Å²) in [7, 11) is 0. The summed E-state index contributed by atoms with van der Waals surface area (Å²) in [6, 6.07) is 23.4. The van der Waals surface area contributed by atoms with Gasteiger partial charge in [0.05, 0.1) is 0 Å². The number of aliphatic carboxylic acids is 1. The zero-order valence-electron chi connectivity index (χ0n) is 16.7. The van der Waals surface area contributed by atoms with E-state index >= 15 is 0 Å². The Morgan fingerprint density at radius 2 is 1.35 bits per heavy atom. The molecule has 3 rings (SSSR count). The van der Waals surface area contributed by atoms with Crippen molar-refractivity contribution < 1.29 is 29.3 Å². The molecule has 31 heavy (non-hydrogen) atoms. The van der Waals surface area contributed by atoms with E-state index in [0.29, 0.717) is 17.9 Å². The molecule has 1 amide bonds. The lowest BCUT2D eigenvalue weighted by molar-refractivity contribution is -0.142. The number of hydrogen-bond donors (Lipinski definition) is 3. The van der Waals surface area contributed by atoms with Crippen molar-refractivity contribution in [3.8, 4) is 5.75 Å². The number of nitrogens with one attached hydrogen (secondary N) is 1. The zero-order valence-corrected chi connectivity index (χ0v) is 16.7. The number of benzene rings is 3. The molecule has 0 saturated heterocycles. The molecule has 3 aromatic rings. The summed E-state index contributed by atoms with van der Waals surface area (Å²) in [5.41, 5.74) is 2.09. The monoisotopic (exact) mass is 421 g/mol. The Morgan fingerprint density at radius 3 is 1.90 bits per heavy atom. The molecule has 3 aromatic carbocycles. The molecule has 0 aliphatic rings. The first kappa shape index (κ1) is 21.9. The van der Waals surface area contributed by atoms with Gasteiger partial charge in [-0.05, 0) is 28.8 Å². The third-order valence-electron chi connectivity index (χ3n) is 4.54. The van der Waals surface area contributed by atoms with Crippen molar-refractivity contribution in [2.75, 3.05) is 0 Å². The highest BCUT2D eigenvalue weighted by Crippen LogP contribution is 2.21. The zero-order chi connectivity index (χ0) is 22.1. The Bertz CT molecular complexity index is 976. The Kier molecular flexibility index (Phi) is 7.61. The topological polar surface area (TPSA) is 105 Å². The molecule has 7 nitrogen and oxygen atoms in total. The molecule has 0 aliphatic heterocycles. The minimum Gasteiger partial charge on any atom is -0.489 e. The van der Waals surface area contributed by atoms with E-state index in [1.165, 1.54) is 0 Å². The normalized spacial score (nSPS) is 12.4. The number of alkyl carbamates (subject to hydrolysis) is 1. The SMILES string of the molecule is O=C(N[C@H](C(=O)O)[C@H](O)c1ccc(OCc2ccccc2)cc1)OCc1ccccc1. The summed E-state index contributed by atoms with van der Waals surface area (Å²) in [6.07, 6.45) is -2.40. The summed E-state index contributed by atoms with van der Waals surface area (Å²) in [5, 5.41) is 22.1. The van der Waals surface area contributed by atoms with E-state index in [1.54, 1.807) is 48.5 Å². The smallest absolute Gasteiger partial charge is 0.408 e. The second-order valence-corrected chi connectivity index (χ2v) is 6.81. The van der Waals surface area contributed by atoms with Gasteiger partial charge in [0.2, 0.25) is 0 Å². The highest BCUT2D eigenvalue weighted by molar-refractivity contribution is 5.80. The van der Waals surface area contributed by atoms with Crippen LogP contribution in [-0.4, -0.2) is 28.3 Å². The highest BCUT2D eigenvalue weighted by atomic mass is 16.5. The van der Waals surface area contributed by atoms with Crippen LogP contribution in [-0.2, 0) is 22.7 Å². The lowest BCUT2D eigenvalue weighted by atomic mass is 10.0. The summed E-state index contributed by atoms with van der Waals surface area (Å²) < 4.78 is 10.7. The Labute approximate surface area is 179 Å². The van der Waals surface area contributed by atoms with E-state index in [1.807, 2.05) is 36.4 Å². The van der Waals surface area contributed by atoms with Gasteiger partial charge >= 0.3 is 12.1 Å². The van der Waals surface area contributed by atoms with Crippen LogP contribution in [0.3, 0.4) is 0 Å². The lowest BCUT2D eigenvalue weighted by Gasteiger charge is -2.21. The van der Waals surface area contributed by atoms with Gasteiger partial charge in [0.15, 0.2) is 6.04 Å². The average molecular weight is 421 g/mol. The largest absolute Gasteiger partial charge is 0.489 e. The second kappa shape index (κ2) is 10.8. The number of carbonyl (C=O) groups is 2. The first-order valence-corrected chi connectivity index (χ1v) is 9.67. The second-order valence-electron chi connectivity index (χ2n) is 6.81. The van der Waals surface area contributed by atoms with E-state index < -0.39 is 24.2 Å². The molecular weight excluding hydrogens is 398 g/mol. The van der Waals surface area contributed by atoms with Crippen molar-refractivity contribution in [1.29, 1.82) is 0 Å². The van der Waals surface area contributed by atoms with Crippen molar-refractivity contribution in [1.82, 2.24) is 5.32 Å². The fraction of sp³-hybridized carbons (Fsp3) is 0.167. The van der Waals surface area contributed by atoms with E-state index in [-0.39, 0.29) is 6.61 Å². The molecule has 7 heteroatoms. The Morgan fingerprint density at radius 1 is 0.806 bits per heavy atom. The van der Waals surface area contributed by atoms with Crippen LogP contribution in [0.5, 0.6) is 5.75 Å². The molecule has 2 atom stereocenters. The minimum absolute atomic E-state index is 0.0114. The maximum Gasteiger partial charge on any atom is 0.408 e. The summed E-state index contributed by atoms with van der Waals surface area (Å²) in [6.45, 7) is 0.373. The standard InChI is InChI=1S/C24H23NO6/c26-22(19-11-13-20(14-12-19)30-15-17-7-3-1-4-8-17)21(23(27)28)25-24(29)31-16-18-9-5-2-6-10-18/h1-14,21-22,26H,15-16H2,(H,25,29)(H,27,28)/t21-,22+/m0/s1. The third-order valence-corrected chi connectivity index (χ3v) is 4.54. The molecule has 0 unspecified atom stereocenters. The van der Waals surface area contributed by atoms with Crippen LogP contribution in [0.1, 0.15) is 22.8 Å². The molecular formula is C24H23NO6. The maximum absolute atomic E-state index is 12.0. The van der Waals surface area contributed by atoms with Crippen LogP contribution in [0.2, 0.25) is 0 Å². The number of hydrogen-bond acceptors (Lipinski definition) is 5. The molecule has 0 aliphatic carbocycles. The lowest BCUT2D eigenvalue weighted by Crippen LogP contribution is -2.45. The predicted octanol–water partition coefficient (Wildman–Crippen LogP) is 3.68. The van der Waals surface area contributed by atoms with Gasteiger partial charge in [-0.2, -0.15) is 0 Å². The number of carbonyl (C=O) groups excluding carboxylic acids is 1. The molecule has 0 aromatic heterocycles. The molecule has 160 valence electrons. The van der Waals surface area contributed by atoms with Gasteiger partial charge in [0.25, 0.3) is 0 Å². The van der Waals surface area contributed by atoms with Crippen LogP contribution >= 0.6 is 0 Å². The highest BCUT2D eigenvalue weighted by Gasteiger charge is 2.30. The van der Waals surface area contributed by atoms with Gasteiger partial charge in [-0.3, -0.25) is 0 Å². The first-order chi connectivity index (χ1) is 15.0. The Balaban J connectivity index is 1.56. The van der Waals surface area contributed by atoms with Crippen LogP contribution in [0, 0.1) is 0 Å². The number of ether oxygens (including phenoxy) is 2. The van der Waals surface area contributed by atoms with Gasteiger partial charge < -0.3 is 25.0 Å². The van der Waals surface area contributed by atoms with E-state index in [2.05, 4.69) is 5.32 Å². The summed E-state index contributed by atoms with van der Waals surface area (Å²) in [5.74, 6) is -0.810. The van der Waals surface area contributed by atoms with Crippen LogP contribution in [0.25, 0.3) is 0 Å². The third kappa shape index (κ3) is 6.58. The van der Waals surface area contributed by atoms with Crippen LogP contribution in [0.4, 0.5) is 4.79 Å². The van der Waals surface area contributed by atoms with E-state index in [0.717, 1.165) is 11.1 Å². The number of aliphatic hydroxyl groups excluding tert-OH is 1. The molecule has 0 fully saturated rings. The van der Waals surface area contributed by atoms with Gasteiger partial charge in [-0.25, -0.2) is 9.59 Å². The number of carboxylic acid groups (broad SMARTS) is 1. The van der Waals surface area contributed by atoms with Gasteiger partial charge in [-0.15, -0.1) is 0 Å². The number of rotatable bonds is 9. The van der Waals surface area contributed by atoms with Gasteiger partial charge in [0.1, 0.15) is 25.1 Å². The van der Waals surface area contributed by atoms with Crippen LogP contribution in [0.15, 0.2) is 84.9 Å². The summed E-state index contributed by atoms with van der Waals surface area (Å²) >= 11 is 0. The number of aliphatic hydroxyl groups is 1. The maximum atomic E-state index is 12.0. The van der Waals surface area contributed by atoms with Crippen molar-refractivity contribution in [3.63, 3.8) is 0 Å². The fourth-order valence-corrected chi connectivity index (χ4v) is 2.86. The number of carboxylic acids is 1. The number of amides is 1. The summed E-state index contributed by atoms with van der Waals surface area (Å²) in [4.78, 5) is 23.6. The molecule has 0 saturated carbocycles. The Hall–Kier alpha value is -3.84. The average Bonchev–Trinajstić information content (AvgIpc) is 2.81. The van der Waals surface area contributed by atoms with E-state index in [9.17, 15) is 19.8 Å². The van der Waals surface area contributed by atoms with Crippen LogP contribution < -0.4 is 10.1 Å². The molecule has 0 heterocycles. The van der Waals surface area contributed by atoms with Crippen molar-refractivity contribution >= 4 is 12.1 Å².